The average Bonchev–Trinajstić information content (AvgIpc) is 3.54. The van der Waals surface area contributed by atoms with Crippen molar-refractivity contribution in [2.24, 2.45) is 5.41 Å². The van der Waals surface area contributed by atoms with Gasteiger partial charge in [0.05, 0.1) is 5.58 Å². The molecule has 5 heteroatoms. The maximum absolute atomic E-state index is 6.17. The van der Waals surface area contributed by atoms with E-state index in [1.165, 1.54) is 47.6 Å². The van der Waals surface area contributed by atoms with Gasteiger partial charge in [0, 0.05) is 31.7 Å². The Morgan fingerprint density at radius 1 is 0.774 bits per heavy atom. The normalized spacial score (nSPS) is 13.7. The van der Waals surface area contributed by atoms with Crippen LogP contribution in [0.4, 0.5) is 0 Å². The van der Waals surface area contributed by atoms with Gasteiger partial charge in [0.15, 0.2) is 0 Å². The Balaban J connectivity index is 0.000000193. The third-order valence-electron chi connectivity index (χ3n) is 10.2. The fraction of sp³-hybridized carbons (Fsp3) is 0.292. The molecule has 0 bridgehead atoms. The van der Waals surface area contributed by atoms with Crippen molar-refractivity contribution in [1.29, 1.82) is 0 Å². The van der Waals surface area contributed by atoms with Crippen LogP contribution in [0.2, 0.25) is 17.3 Å². The molecular weight excluding hydrogens is 885 g/mol. The van der Waals surface area contributed by atoms with Gasteiger partial charge in [-0.05, 0) is 42.0 Å². The first-order valence-corrected chi connectivity index (χ1v) is 26.2. The minimum absolute atomic E-state index is 0. The molecule has 7 aromatic rings. The summed E-state index contributed by atoms with van der Waals surface area (Å²) in [5.74, 6) is 7.97. The van der Waals surface area contributed by atoms with Gasteiger partial charge >= 0.3 is 132 Å². The summed E-state index contributed by atoms with van der Waals surface area (Å²) in [6.07, 6.45) is 11.8. The number of hydrogen-bond donors (Lipinski definition) is 0. The molecule has 53 heavy (non-hydrogen) atoms. The average molecular weight is 936 g/mol. The van der Waals surface area contributed by atoms with Crippen molar-refractivity contribution < 1.29 is 24.5 Å². The molecule has 4 aromatic carbocycles. The van der Waals surface area contributed by atoms with E-state index in [9.17, 15) is 0 Å². The van der Waals surface area contributed by atoms with Crippen LogP contribution in [0, 0.1) is 17.5 Å². The van der Waals surface area contributed by atoms with Gasteiger partial charge < -0.3 is 9.40 Å². The monoisotopic (exact) mass is 937 g/mol. The van der Waals surface area contributed by atoms with E-state index < -0.39 is 13.3 Å². The number of rotatable bonds is 6. The molecule has 1 saturated carbocycles. The predicted octanol–water partition coefficient (Wildman–Crippen LogP) is 12.8. The summed E-state index contributed by atoms with van der Waals surface area (Å²) in [7, 11) is 0. The van der Waals surface area contributed by atoms with Crippen molar-refractivity contribution in [3.63, 3.8) is 0 Å². The molecule has 1 aliphatic carbocycles. The molecule has 1 aliphatic rings. The number of pyridine rings is 2. The summed E-state index contributed by atoms with van der Waals surface area (Å²) in [4.78, 5) is 9.52. The fourth-order valence-electron chi connectivity index (χ4n) is 7.72. The van der Waals surface area contributed by atoms with Crippen LogP contribution in [-0.2, 0) is 26.5 Å². The fourth-order valence-corrected chi connectivity index (χ4v) is 11.0. The number of aromatic nitrogens is 2. The third kappa shape index (κ3) is 9.11. The second kappa shape index (κ2) is 16.7. The number of benzene rings is 4. The van der Waals surface area contributed by atoms with Crippen molar-refractivity contribution in [3.8, 4) is 33.6 Å². The van der Waals surface area contributed by atoms with Gasteiger partial charge in [0.2, 0.25) is 0 Å². The number of furan rings is 1. The van der Waals surface area contributed by atoms with Crippen LogP contribution in [0.5, 0.6) is 0 Å². The smallest absolute Gasteiger partial charge is 0.120 e. The Morgan fingerprint density at radius 3 is 2.23 bits per heavy atom. The summed E-state index contributed by atoms with van der Waals surface area (Å²) < 4.78 is 7.70. The van der Waals surface area contributed by atoms with E-state index in [-0.39, 0.29) is 20.1 Å². The molecule has 0 saturated heterocycles. The van der Waals surface area contributed by atoms with E-state index in [2.05, 4.69) is 123 Å². The molecule has 0 atom stereocenters. The zero-order chi connectivity index (χ0) is 36.3. The van der Waals surface area contributed by atoms with E-state index in [4.69, 9.17) is 14.4 Å². The summed E-state index contributed by atoms with van der Waals surface area (Å²) >= 11 is -1.90. The van der Waals surface area contributed by atoms with Crippen LogP contribution in [0.15, 0.2) is 120 Å². The van der Waals surface area contributed by atoms with E-state index in [0.717, 1.165) is 62.0 Å². The number of para-hydroxylation sites is 1. The Kier molecular flexibility index (Phi) is 12.2. The number of nitrogens with zero attached hydrogens (tertiary/aromatic N) is 2. The first-order valence-electron chi connectivity index (χ1n) is 18.9. The SMILES string of the molecule is CC(C)(C)Cc1cc(-c2[c-]cccc2)nc[c]1[Ge]([CH3])([CH3])[CH3].[Ir].[c-]1cc2oc3ccccc3c2c(-c2ccccc2)c1-c1cc(C2CCCCC2)ccn1. The van der Waals surface area contributed by atoms with Gasteiger partial charge in [0.25, 0.3) is 0 Å². The van der Waals surface area contributed by atoms with Crippen LogP contribution in [0.3, 0.4) is 0 Å². The van der Waals surface area contributed by atoms with Crippen LogP contribution in [-0.4, -0.2) is 23.2 Å². The summed E-state index contributed by atoms with van der Waals surface area (Å²) in [6, 6.07) is 42.5. The predicted molar refractivity (Wildman–Crippen MR) is 222 cm³/mol. The van der Waals surface area contributed by atoms with Gasteiger partial charge in [-0.25, -0.2) is 0 Å². The second-order valence-electron chi connectivity index (χ2n) is 16.5. The standard InChI is InChI=1S/C29H24NO.C19H26GeN.Ir/c1-3-9-20(10-4-1)22-17-18-30-25(19-22)23-15-16-27-29(24-13-7-8-14-26(24)31-27)28(23)21-11-5-2-6-12-21;1-19(2,3)13-16-12-18(15-10-8-7-9-11-15)21-14-17(16)20(4,5)6;/h2,5-8,11-14,16-20H,1,3-4,9-10H2;7-10,12,14H,13H2,1-6H3;/q2*-1;. The van der Waals surface area contributed by atoms with Crippen LogP contribution < -0.4 is 4.40 Å². The van der Waals surface area contributed by atoms with Crippen LogP contribution in [0.25, 0.3) is 55.6 Å². The van der Waals surface area contributed by atoms with E-state index in [0.29, 0.717) is 11.3 Å². The van der Waals surface area contributed by atoms with Crippen molar-refractivity contribution in [2.45, 2.75) is 82.5 Å². The molecule has 0 spiro atoms. The van der Waals surface area contributed by atoms with Gasteiger partial charge in [-0.1, -0.05) is 90.6 Å². The first kappa shape index (κ1) is 38.9. The molecule has 1 fully saturated rings. The first-order chi connectivity index (χ1) is 25.0. The topological polar surface area (TPSA) is 38.9 Å². The minimum Gasteiger partial charge on any atom is -0.500 e. The molecule has 0 N–H and O–H groups in total. The molecule has 3 nitrogen and oxygen atoms in total. The molecule has 273 valence electrons. The quantitative estimate of drug-likeness (QED) is 0.123. The molecule has 3 heterocycles. The number of hydrogen-bond acceptors (Lipinski definition) is 3. The second-order valence-corrected chi connectivity index (χ2v) is 27.1. The summed E-state index contributed by atoms with van der Waals surface area (Å²) in [5.41, 5.74) is 11.4. The molecular formula is C48H50GeIrN2O-2. The molecule has 1 radical (unpaired) electrons. The van der Waals surface area contributed by atoms with Crippen molar-refractivity contribution in [3.05, 3.63) is 139 Å². The summed E-state index contributed by atoms with van der Waals surface area (Å²) in [6.45, 7) is 6.92. The van der Waals surface area contributed by atoms with E-state index in [1.807, 2.05) is 42.6 Å². The third-order valence-corrected chi connectivity index (χ3v) is 14.5. The van der Waals surface area contributed by atoms with Gasteiger partial charge in [-0.2, -0.15) is 0 Å². The Labute approximate surface area is 332 Å². The van der Waals surface area contributed by atoms with Gasteiger partial charge in [-0.15, -0.1) is 17.7 Å². The molecule has 0 unspecified atom stereocenters. The van der Waals surface area contributed by atoms with Crippen molar-refractivity contribution in [1.82, 2.24) is 9.97 Å². The van der Waals surface area contributed by atoms with E-state index in [1.54, 1.807) is 0 Å². The summed E-state index contributed by atoms with van der Waals surface area (Å²) in [5, 5.41) is 2.27. The largest absolute Gasteiger partial charge is 0.500 e. The Morgan fingerprint density at radius 2 is 1.51 bits per heavy atom. The van der Waals surface area contributed by atoms with E-state index >= 15 is 0 Å². The minimum atomic E-state index is -1.90. The Bertz CT molecular complexity index is 2280. The van der Waals surface area contributed by atoms with Crippen molar-refractivity contribution >= 4 is 39.6 Å². The zero-order valence-corrected chi connectivity index (χ0v) is 36.4. The van der Waals surface area contributed by atoms with Gasteiger partial charge in [0.1, 0.15) is 5.58 Å². The maximum atomic E-state index is 6.17. The Hall–Kier alpha value is -3.83. The van der Waals surface area contributed by atoms with Crippen molar-refractivity contribution in [2.75, 3.05) is 0 Å². The van der Waals surface area contributed by atoms with Gasteiger partial charge in [-0.3, -0.25) is 0 Å². The molecule has 0 amide bonds. The molecule has 3 aromatic heterocycles. The molecule has 0 aliphatic heterocycles. The van der Waals surface area contributed by atoms with Crippen LogP contribution >= 0.6 is 0 Å². The number of fused-ring (bicyclic) bond motifs is 3. The maximum Gasteiger partial charge on any atom is 0.120 e. The zero-order valence-electron chi connectivity index (χ0n) is 31.9. The van der Waals surface area contributed by atoms with Crippen LogP contribution in [0.1, 0.15) is 69.9 Å². The molecule has 8 rings (SSSR count).